The van der Waals surface area contributed by atoms with E-state index in [1.54, 1.807) is 0 Å². The Morgan fingerprint density at radius 3 is 1.80 bits per heavy atom. The average Bonchev–Trinajstić information content (AvgIpc) is 4.19. The van der Waals surface area contributed by atoms with E-state index in [9.17, 15) is 0 Å². The molecule has 2 aliphatic heterocycles. The van der Waals surface area contributed by atoms with Crippen LogP contribution in [0.3, 0.4) is 0 Å². The van der Waals surface area contributed by atoms with Crippen LogP contribution in [0.1, 0.15) is 79.0 Å². The summed E-state index contributed by atoms with van der Waals surface area (Å²) in [5, 5.41) is 0. The third kappa shape index (κ3) is 8.78. The van der Waals surface area contributed by atoms with Gasteiger partial charge in [-0.3, -0.25) is 0 Å². The Morgan fingerprint density at radius 2 is 1.07 bits per heavy atom. The molecule has 9 aromatic carbocycles. The second-order valence-electron chi connectivity index (χ2n) is 24.2. The molecule has 0 aliphatic carbocycles. The van der Waals surface area contributed by atoms with Crippen molar-refractivity contribution in [2.24, 2.45) is 0 Å². The zero-order chi connectivity index (χ0) is 55.2. The van der Waals surface area contributed by atoms with E-state index in [4.69, 9.17) is 9.72 Å². The Bertz CT molecular complexity index is 4260. The van der Waals surface area contributed by atoms with Crippen LogP contribution in [0.4, 0.5) is 22.9 Å². The Balaban J connectivity index is 1.00. The normalized spacial score (nSPS) is 13.1. The van der Waals surface area contributed by atoms with Gasteiger partial charge in [0.15, 0.2) is 0 Å². The number of hydrogen-bond donors (Lipinski definition) is 0. The molecule has 0 saturated carbocycles. The Kier molecular flexibility index (Phi) is 12.5. The van der Waals surface area contributed by atoms with Gasteiger partial charge in [-0.15, -0.1) is 6.07 Å². The summed E-state index contributed by atoms with van der Waals surface area (Å²) in [6.45, 7) is 20.5. The maximum absolute atomic E-state index is 7.28. The van der Waals surface area contributed by atoms with E-state index in [-0.39, 0.29) is 23.2 Å². The number of nitrogens with zero attached hydrogens (tertiary/aromatic N) is 5. The van der Waals surface area contributed by atoms with Crippen molar-refractivity contribution in [1.29, 1.82) is 0 Å². The molecule has 6 nitrogen and oxygen atoms in total. The van der Waals surface area contributed by atoms with Gasteiger partial charge in [-0.25, -0.2) is 0 Å². The zero-order valence-electron chi connectivity index (χ0n) is 46.7. The molecule has 4 heterocycles. The van der Waals surface area contributed by atoms with Gasteiger partial charge < -0.3 is 0 Å². The van der Waals surface area contributed by atoms with Crippen LogP contribution in [0, 0.1) is 15.9 Å². The predicted molar refractivity (Wildman–Crippen MR) is 328 cm³/mol. The fraction of sp³-hybridized carbons (Fsp3) is 0.167. The number of ether oxygens (including phenoxy) is 1. The van der Waals surface area contributed by atoms with Crippen molar-refractivity contribution < 1.29 is 24.1 Å². The van der Waals surface area contributed by atoms with Gasteiger partial charge in [-0.2, -0.15) is 12.1 Å². The Labute approximate surface area is 482 Å². The third-order valence-corrected chi connectivity index (χ3v) is 16.9. The zero-order valence-corrected chi connectivity index (χ0v) is 49.0. The summed E-state index contributed by atoms with van der Waals surface area (Å²) in [7, 11) is 0. The number of pyridine rings is 1. The van der Waals surface area contributed by atoms with Gasteiger partial charge in [0.1, 0.15) is 0 Å². The van der Waals surface area contributed by atoms with Crippen LogP contribution in [-0.4, -0.2) is 21.1 Å². The van der Waals surface area contributed by atoms with Crippen molar-refractivity contribution in [3.63, 3.8) is 0 Å². The molecule has 0 saturated heterocycles. The molecule has 0 bridgehead atoms. The SMILES string of the molecule is CC(C)(C)c1cc(-c2cccc(-c3ccccc3)c2-n2[c](=[Pt])n(-c3[c-]c(Oc4cccc(N5B6c7ccccc7-c7ccccc7N6c6ccc[c-]c65)n4)c(-c4ccccc4C(C)(C)C)cc3)c3ccccc32)cc(C(C)(C)C)c1. The van der Waals surface area contributed by atoms with E-state index in [1.165, 1.54) is 38.8 Å². The molecule has 0 amide bonds. The van der Waals surface area contributed by atoms with Gasteiger partial charge in [0.2, 0.25) is 0 Å². The molecule has 2 aromatic heterocycles. The third-order valence-electron chi connectivity index (χ3n) is 15.8. The molecule has 0 radical (unpaired) electrons. The van der Waals surface area contributed by atoms with E-state index in [1.807, 2.05) is 18.2 Å². The summed E-state index contributed by atoms with van der Waals surface area (Å²) >= 11 is 2.54. The van der Waals surface area contributed by atoms with Gasteiger partial charge in [-0.05, 0) is 11.6 Å². The number of aromatic nitrogens is 3. The van der Waals surface area contributed by atoms with Crippen LogP contribution in [0.5, 0.6) is 11.6 Å². The molecule has 13 rings (SSSR count). The number of fused-ring (bicyclic) bond motifs is 9. The van der Waals surface area contributed by atoms with Gasteiger partial charge in [-0.1, -0.05) is 42.5 Å². The second-order valence-corrected chi connectivity index (χ2v) is 25.2. The average molecular weight is 1220 g/mol. The van der Waals surface area contributed by atoms with Gasteiger partial charge >= 0.3 is 402 Å². The van der Waals surface area contributed by atoms with Gasteiger partial charge in [0.05, 0.1) is 0 Å². The molecular formula is C72H62BN5OPt-2. The van der Waals surface area contributed by atoms with E-state index in [0.717, 1.165) is 76.9 Å². The van der Waals surface area contributed by atoms with Crippen molar-refractivity contribution in [3.8, 4) is 67.5 Å². The topological polar surface area (TPSA) is 38.5 Å². The van der Waals surface area contributed by atoms with Gasteiger partial charge in [0.25, 0.3) is 0 Å². The first-order valence-corrected chi connectivity index (χ1v) is 28.8. The fourth-order valence-electron chi connectivity index (χ4n) is 11.9. The summed E-state index contributed by atoms with van der Waals surface area (Å²) in [5.74, 6) is 1.79. The number of rotatable bonds is 8. The summed E-state index contributed by atoms with van der Waals surface area (Å²) in [6.07, 6.45) is 0. The van der Waals surface area contributed by atoms with Crippen LogP contribution in [0.25, 0.3) is 66.9 Å². The Morgan fingerprint density at radius 1 is 0.475 bits per heavy atom. The van der Waals surface area contributed by atoms with Gasteiger partial charge in [0, 0.05) is 11.3 Å². The van der Waals surface area contributed by atoms with Crippen LogP contribution in [0.2, 0.25) is 0 Å². The number of benzene rings is 9. The molecule has 0 atom stereocenters. The van der Waals surface area contributed by atoms with E-state index < -0.39 is 0 Å². The first-order valence-electron chi connectivity index (χ1n) is 27.6. The number of imidazole rings is 1. The van der Waals surface area contributed by atoms with Crippen molar-refractivity contribution in [2.75, 3.05) is 9.62 Å². The summed E-state index contributed by atoms with van der Waals surface area (Å²) in [4.78, 5) is 10.2. The predicted octanol–water partition coefficient (Wildman–Crippen LogP) is 17.8. The first kappa shape index (κ1) is 51.2. The summed E-state index contributed by atoms with van der Waals surface area (Å²) in [6, 6.07) is 83.9. The van der Waals surface area contributed by atoms with E-state index >= 15 is 0 Å². The first-order chi connectivity index (χ1) is 38.5. The maximum atomic E-state index is 7.28. The standard InChI is InChI=1S/C72H62BN5O.Pt/c1-70(2,3)50-43-49(44-51(45-50)71(4,5)6)54-31-23-30-53(48-25-11-10-12-26-48)69(54)76-47-75(62-35-19-20-36-63(62)76)52-41-42-58(55-27-13-16-32-59(55)72(7,8)9)66(46-52)79-68-40-24-39-67(74-68)78-65-38-22-21-37-64(65)77-61-34-18-15-29-57(61)56-28-14-17-33-60(56)73(77)78;/h10-37,39-45H,1-9H3;/q-2;. The van der Waals surface area contributed by atoms with Crippen LogP contribution >= 0.6 is 0 Å². The van der Waals surface area contributed by atoms with Crippen LogP contribution < -0.4 is 19.8 Å². The van der Waals surface area contributed by atoms with Crippen LogP contribution in [-0.2, 0) is 35.6 Å². The molecule has 0 spiro atoms. The summed E-state index contributed by atoms with van der Waals surface area (Å²) in [5.41, 5.74) is 21.0. The van der Waals surface area contributed by atoms with Crippen molar-refractivity contribution in [1.82, 2.24) is 14.1 Å². The molecule has 8 heteroatoms. The minimum atomic E-state index is -0.201. The second kappa shape index (κ2) is 19.5. The molecule has 0 fully saturated rings. The quantitative estimate of drug-likeness (QED) is 0.112. The van der Waals surface area contributed by atoms with Crippen molar-refractivity contribution >= 4 is 46.4 Å². The van der Waals surface area contributed by atoms with E-state index in [0.29, 0.717) is 11.6 Å². The monoisotopic (exact) mass is 1220 g/mol. The summed E-state index contributed by atoms with van der Waals surface area (Å²) < 4.78 is 13.1. The fourth-order valence-corrected chi connectivity index (χ4v) is 12.9. The molecule has 0 unspecified atom stereocenters. The van der Waals surface area contributed by atoms with Crippen molar-refractivity contribution in [3.05, 3.63) is 245 Å². The Hall–Kier alpha value is -8.25. The van der Waals surface area contributed by atoms with Crippen LogP contribution in [0.15, 0.2) is 212 Å². The molecule has 0 N–H and O–H groups in total. The molecule has 80 heavy (non-hydrogen) atoms. The number of para-hydroxylation sites is 5. The van der Waals surface area contributed by atoms with E-state index in [2.05, 4.69) is 307 Å². The molecule has 396 valence electrons. The van der Waals surface area contributed by atoms with Crippen molar-refractivity contribution in [2.45, 2.75) is 78.6 Å². The minimum absolute atomic E-state index is 0.0646. The number of anilines is 4. The molecular weight excluding hydrogens is 1160 g/mol. The molecule has 11 aromatic rings. The number of hydrogen-bond acceptors (Lipinski definition) is 4. The molecule has 2 aliphatic rings.